The summed E-state index contributed by atoms with van der Waals surface area (Å²) >= 11 is 0. The monoisotopic (exact) mass is 356 g/mol. The van der Waals surface area contributed by atoms with Crippen molar-refractivity contribution in [1.29, 1.82) is 0 Å². The number of furan rings is 1. The summed E-state index contributed by atoms with van der Waals surface area (Å²) < 4.78 is 7.08. The molecular weight excluding hydrogens is 332 g/mol. The zero-order chi connectivity index (χ0) is 17.9. The van der Waals surface area contributed by atoms with Gasteiger partial charge in [0, 0.05) is 45.3 Å². The summed E-state index contributed by atoms with van der Waals surface area (Å²) in [6.07, 6.45) is 8.37. The molecule has 2 aliphatic rings. The first-order chi connectivity index (χ1) is 12.7. The number of aliphatic imine (C=N–C) groups is 1. The standard InChI is InChI=1S/C18H24N6O2/c1-22-12-15(11-20-22)24-9-8-23(13-17(24)25)18(21-14-4-5-14)19-7-6-16-3-2-10-26-16/h2-3,10-12,14H,4-9,13H2,1H3,(H,19,21). The van der Waals surface area contributed by atoms with Crippen LogP contribution in [0.5, 0.6) is 0 Å². The van der Waals surface area contributed by atoms with E-state index < -0.39 is 0 Å². The van der Waals surface area contributed by atoms with Crippen molar-refractivity contribution in [1.82, 2.24) is 20.0 Å². The molecule has 8 heteroatoms. The van der Waals surface area contributed by atoms with Gasteiger partial charge in [-0.2, -0.15) is 5.10 Å². The van der Waals surface area contributed by atoms with Gasteiger partial charge in [-0.3, -0.25) is 14.5 Å². The molecule has 2 aromatic rings. The Balaban J connectivity index is 1.40. The number of amides is 1. The number of anilines is 1. The lowest BCUT2D eigenvalue weighted by Crippen LogP contribution is -2.55. The van der Waals surface area contributed by atoms with E-state index in [4.69, 9.17) is 9.41 Å². The SMILES string of the molecule is Cn1cc(N2CCN(C(=NCCc3ccco3)NC3CC3)CC2=O)cn1. The van der Waals surface area contributed by atoms with Gasteiger partial charge in [0.1, 0.15) is 12.3 Å². The number of hydrogen-bond donors (Lipinski definition) is 1. The predicted octanol–water partition coefficient (Wildman–Crippen LogP) is 1.01. The van der Waals surface area contributed by atoms with E-state index in [0.717, 1.165) is 30.4 Å². The molecule has 2 aromatic heterocycles. The minimum absolute atomic E-state index is 0.0700. The van der Waals surface area contributed by atoms with Gasteiger partial charge >= 0.3 is 0 Å². The Morgan fingerprint density at radius 2 is 2.31 bits per heavy atom. The van der Waals surface area contributed by atoms with Gasteiger partial charge in [0.2, 0.25) is 5.91 Å². The largest absolute Gasteiger partial charge is 0.469 e. The molecule has 4 rings (SSSR count). The normalized spacial score (nSPS) is 18.5. The van der Waals surface area contributed by atoms with Crippen LogP contribution >= 0.6 is 0 Å². The lowest BCUT2D eigenvalue weighted by atomic mass is 10.3. The van der Waals surface area contributed by atoms with E-state index in [0.29, 0.717) is 25.7 Å². The Labute approximate surface area is 152 Å². The van der Waals surface area contributed by atoms with Crippen LogP contribution in [-0.4, -0.2) is 58.8 Å². The van der Waals surface area contributed by atoms with Crippen LogP contribution in [0.4, 0.5) is 5.69 Å². The summed E-state index contributed by atoms with van der Waals surface area (Å²) in [6, 6.07) is 4.34. The number of rotatable bonds is 5. The number of carbonyl (C=O) groups excluding carboxylic acids is 1. The fraction of sp³-hybridized carbons (Fsp3) is 0.500. The third-order valence-electron chi connectivity index (χ3n) is 4.63. The average molecular weight is 356 g/mol. The van der Waals surface area contributed by atoms with Gasteiger partial charge in [-0.1, -0.05) is 0 Å². The molecule has 2 fully saturated rings. The highest BCUT2D eigenvalue weighted by molar-refractivity contribution is 5.98. The van der Waals surface area contributed by atoms with Crippen LogP contribution in [0.2, 0.25) is 0 Å². The quantitative estimate of drug-likeness (QED) is 0.639. The second-order valence-corrected chi connectivity index (χ2v) is 6.79. The van der Waals surface area contributed by atoms with Crippen molar-refractivity contribution < 1.29 is 9.21 Å². The van der Waals surface area contributed by atoms with Gasteiger partial charge in [-0.15, -0.1) is 0 Å². The molecule has 26 heavy (non-hydrogen) atoms. The molecule has 1 amide bonds. The van der Waals surface area contributed by atoms with Crippen molar-refractivity contribution in [3.8, 4) is 0 Å². The molecule has 3 heterocycles. The predicted molar refractivity (Wildman–Crippen MR) is 98.0 cm³/mol. The fourth-order valence-electron chi connectivity index (χ4n) is 3.05. The molecule has 0 radical (unpaired) electrons. The first-order valence-corrected chi connectivity index (χ1v) is 9.06. The van der Waals surface area contributed by atoms with E-state index in [1.165, 1.54) is 12.8 Å². The molecule has 8 nitrogen and oxygen atoms in total. The van der Waals surface area contributed by atoms with Crippen LogP contribution in [0.25, 0.3) is 0 Å². The summed E-state index contributed by atoms with van der Waals surface area (Å²) in [7, 11) is 1.85. The zero-order valence-electron chi connectivity index (χ0n) is 15.0. The van der Waals surface area contributed by atoms with Crippen LogP contribution in [0, 0.1) is 0 Å². The van der Waals surface area contributed by atoms with Crippen molar-refractivity contribution >= 4 is 17.6 Å². The van der Waals surface area contributed by atoms with Gasteiger partial charge in [0.25, 0.3) is 0 Å². The maximum absolute atomic E-state index is 12.6. The molecule has 1 aliphatic carbocycles. The first-order valence-electron chi connectivity index (χ1n) is 9.06. The van der Waals surface area contributed by atoms with Crippen molar-refractivity contribution in [3.63, 3.8) is 0 Å². The molecule has 0 unspecified atom stereocenters. The third kappa shape index (κ3) is 3.89. The van der Waals surface area contributed by atoms with Crippen LogP contribution in [0.15, 0.2) is 40.2 Å². The Hall–Kier alpha value is -2.77. The van der Waals surface area contributed by atoms with Crippen LogP contribution in [0.3, 0.4) is 0 Å². The highest BCUT2D eigenvalue weighted by Crippen LogP contribution is 2.20. The lowest BCUT2D eigenvalue weighted by Gasteiger charge is -2.35. The number of piperazine rings is 1. The molecule has 0 atom stereocenters. The number of guanidine groups is 1. The molecule has 0 bridgehead atoms. The summed E-state index contributed by atoms with van der Waals surface area (Å²) in [5, 5.41) is 7.64. The molecule has 1 N–H and O–H groups in total. The van der Waals surface area contributed by atoms with Gasteiger partial charge in [-0.05, 0) is 25.0 Å². The Morgan fingerprint density at radius 1 is 1.42 bits per heavy atom. The molecule has 1 saturated heterocycles. The maximum atomic E-state index is 12.6. The van der Waals surface area contributed by atoms with Gasteiger partial charge in [0.15, 0.2) is 5.96 Å². The second kappa shape index (κ2) is 7.23. The summed E-state index contributed by atoms with van der Waals surface area (Å²) in [4.78, 5) is 21.2. The first kappa shape index (κ1) is 16.7. The van der Waals surface area contributed by atoms with Crippen LogP contribution in [0.1, 0.15) is 18.6 Å². The molecule has 1 aliphatic heterocycles. The average Bonchev–Trinajstić information content (AvgIpc) is 3.10. The van der Waals surface area contributed by atoms with Crippen LogP contribution < -0.4 is 10.2 Å². The zero-order valence-corrected chi connectivity index (χ0v) is 15.0. The Bertz CT molecular complexity index is 777. The molecule has 138 valence electrons. The van der Waals surface area contributed by atoms with Gasteiger partial charge < -0.3 is 19.5 Å². The van der Waals surface area contributed by atoms with E-state index in [9.17, 15) is 4.79 Å². The van der Waals surface area contributed by atoms with Gasteiger partial charge in [0.05, 0.1) is 18.1 Å². The smallest absolute Gasteiger partial charge is 0.246 e. The topological polar surface area (TPSA) is 78.9 Å². The summed E-state index contributed by atoms with van der Waals surface area (Å²) in [6.45, 7) is 2.35. The minimum atomic E-state index is 0.0700. The summed E-state index contributed by atoms with van der Waals surface area (Å²) in [5.74, 6) is 1.83. The maximum Gasteiger partial charge on any atom is 0.246 e. The van der Waals surface area contributed by atoms with Gasteiger partial charge in [-0.25, -0.2) is 0 Å². The number of hydrogen-bond acceptors (Lipinski definition) is 4. The van der Waals surface area contributed by atoms with Crippen molar-refractivity contribution in [2.45, 2.75) is 25.3 Å². The number of aryl methyl sites for hydroxylation is 1. The highest BCUT2D eigenvalue weighted by Gasteiger charge is 2.30. The molecular formula is C18H24N6O2. The third-order valence-corrected chi connectivity index (χ3v) is 4.63. The van der Waals surface area contributed by atoms with Crippen LogP contribution in [-0.2, 0) is 18.3 Å². The Kier molecular flexibility index (Phi) is 4.64. The number of nitrogens with zero attached hydrogens (tertiary/aromatic N) is 5. The van der Waals surface area contributed by atoms with E-state index in [1.54, 1.807) is 22.0 Å². The van der Waals surface area contributed by atoms with E-state index in [1.807, 2.05) is 25.4 Å². The van der Waals surface area contributed by atoms with E-state index >= 15 is 0 Å². The van der Waals surface area contributed by atoms with Crippen molar-refractivity contribution in [2.75, 3.05) is 31.1 Å². The lowest BCUT2D eigenvalue weighted by molar-refractivity contribution is -0.120. The van der Waals surface area contributed by atoms with Crippen molar-refractivity contribution in [3.05, 3.63) is 36.5 Å². The second-order valence-electron chi connectivity index (χ2n) is 6.79. The van der Waals surface area contributed by atoms with E-state index in [-0.39, 0.29) is 5.91 Å². The molecule has 0 aromatic carbocycles. The Morgan fingerprint density at radius 3 is 2.96 bits per heavy atom. The van der Waals surface area contributed by atoms with Crippen molar-refractivity contribution in [2.24, 2.45) is 12.0 Å². The fourth-order valence-corrected chi connectivity index (χ4v) is 3.05. The molecule has 0 spiro atoms. The number of carbonyl (C=O) groups is 1. The minimum Gasteiger partial charge on any atom is -0.469 e. The number of nitrogens with one attached hydrogen (secondary N) is 1. The van der Waals surface area contributed by atoms with E-state index in [2.05, 4.69) is 15.3 Å². The molecule has 1 saturated carbocycles. The highest BCUT2D eigenvalue weighted by atomic mass is 16.3. The number of aromatic nitrogens is 2. The summed E-state index contributed by atoms with van der Waals surface area (Å²) in [5.41, 5.74) is 0.851.